The summed E-state index contributed by atoms with van der Waals surface area (Å²) in [7, 11) is 0. The molecule has 4 nitrogen and oxygen atoms in total. The highest BCUT2D eigenvalue weighted by molar-refractivity contribution is 6.00. The van der Waals surface area contributed by atoms with Crippen LogP contribution in [0.4, 0.5) is 0 Å². The molecule has 6 aromatic carbocycles. The predicted octanol–water partition coefficient (Wildman–Crippen LogP) is 8.38. The summed E-state index contributed by atoms with van der Waals surface area (Å²) in [6.07, 6.45) is -0.412. The molecule has 200 valence electrons. The molecule has 0 saturated carbocycles. The summed E-state index contributed by atoms with van der Waals surface area (Å²) in [5.74, 6) is 0.861. The van der Waals surface area contributed by atoms with Crippen molar-refractivity contribution < 1.29 is 0 Å². The van der Waals surface area contributed by atoms with E-state index in [1.54, 1.807) is 0 Å². The first-order valence-electron chi connectivity index (χ1n) is 14.1. The first kappa shape index (κ1) is 25.5. The summed E-state index contributed by atoms with van der Waals surface area (Å²) in [5, 5.41) is 19.3. The second-order valence-electron chi connectivity index (χ2n) is 10.4. The van der Waals surface area contributed by atoms with Crippen molar-refractivity contribution in [1.82, 2.24) is 10.6 Å². The van der Waals surface area contributed by atoms with Crippen molar-refractivity contribution in [2.45, 2.75) is 12.3 Å². The summed E-state index contributed by atoms with van der Waals surface area (Å²) in [4.78, 5) is 5.11. The van der Waals surface area contributed by atoms with E-state index in [9.17, 15) is 5.26 Å². The highest BCUT2D eigenvalue weighted by Gasteiger charge is 2.28. The van der Waals surface area contributed by atoms with Crippen LogP contribution in [0.1, 0.15) is 34.6 Å². The lowest BCUT2D eigenvalue weighted by atomic mass is 9.90. The summed E-state index contributed by atoms with van der Waals surface area (Å²) in [6.45, 7) is 0. The van der Waals surface area contributed by atoms with E-state index in [1.807, 2.05) is 48.5 Å². The molecule has 42 heavy (non-hydrogen) atoms. The molecular formula is C38H28N4. The van der Waals surface area contributed by atoms with Gasteiger partial charge in [0, 0.05) is 11.1 Å². The molecule has 6 aromatic rings. The van der Waals surface area contributed by atoms with Crippen LogP contribution in [-0.4, -0.2) is 5.84 Å². The zero-order valence-corrected chi connectivity index (χ0v) is 22.9. The van der Waals surface area contributed by atoms with Gasteiger partial charge in [-0.2, -0.15) is 5.26 Å². The van der Waals surface area contributed by atoms with Crippen LogP contribution in [0.3, 0.4) is 0 Å². The van der Waals surface area contributed by atoms with Crippen LogP contribution in [-0.2, 0) is 0 Å². The molecule has 1 aliphatic rings. The standard InChI is InChI=1S/C38H28N4/c39-25-26-10-9-16-32(24-26)27-18-20-29(21-19-27)34-23-22-28-11-7-8-17-33(28)35(34)38-41-36(30-12-3-1-4-13-30)40-37(42-38)31-14-5-2-6-15-31/h1-24,36,38,41H,(H,40,42). The van der Waals surface area contributed by atoms with Gasteiger partial charge in [0.2, 0.25) is 0 Å². The molecular weight excluding hydrogens is 512 g/mol. The van der Waals surface area contributed by atoms with Crippen LogP contribution in [0.15, 0.2) is 151 Å². The Kier molecular flexibility index (Phi) is 6.77. The second-order valence-corrected chi connectivity index (χ2v) is 10.4. The Balaban J connectivity index is 1.35. The Morgan fingerprint density at radius 1 is 0.595 bits per heavy atom. The molecule has 0 aromatic heterocycles. The lowest BCUT2D eigenvalue weighted by Crippen LogP contribution is -2.45. The van der Waals surface area contributed by atoms with Crippen molar-refractivity contribution in [3.05, 3.63) is 168 Å². The number of nitrogens with zero attached hydrogens (tertiary/aromatic N) is 2. The fourth-order valence-electron chi connectivity index (χ4n) is 5.72. The van der Waals surface area contributed by atoms with E-state index in [0.29, 0.717) is 5.56 Å². The fraction of sp³-hybridized carbons (Fsp3) is 0.0526. The largest absolute Gasteiger partial charge is 0.350 e. The molecule has 0 radical (unpaired) electrons. The van der Waals surface area contributed by atoms with Crippen molar-refractivity contribution in [3.63, 3.8) is 0 Å². The highest BCUT2D eigenvalue weighted by Crippen LogP contribution is 2.37. The number of nitrogens with one attached hydrogen (secondary N) is 2. The van der Waals surface area contributed by atoms with Gasteiger partial charge in [-0.15, -0.1) is 0 Å². The smallest absolute Gasteiger partial charge is 0.131 e. The number of rotatable bonds is 5. The maximum Gasteiger partial charge on any atom is 0.131 e. The van der Waals surface area contributed by atoms with E-state index in [0.717, 1.165) is 39.2 Å². The minimum atomic E-state index is -0.214. The maximum absolute atomic E-state index is 9.36. The van der Waals surface area contributed by atoms with Crippen molar-refractivity contribution in [1.29, 1.82) is 5.26 Å². The highest BCUT2D eigenvalue weighted by atomic mass is 15.3. The average molecular weight is 541 g/mol. The number of fused-ring (bicyclic) bond motifs is 1. The Bertz CT molecular complexity index is 1940. The lowest BCUT2D eigenvalue weighted by molar-refractivity contribution is 0.411. The van der Waals surface area contributed by atoms with Gasteiger partial charge in [-0.3, -0.25) is 5.32 Å². The monoisotopic (exact) mass is 540 g/mol. The minimum Gasteiger partial charge on any atom is -0.350 e. The fourth-order valence-corrected chi connectivity index (χ4v) is 5.72. The molecule has 0 saturated heterocycles. The Morgan fingerprint density at radius 2 is 1.29 bits per heavy atom. The van der Waals surface area contributed by atoms with Gasteiger partial charge in [0.05, 0.1) is 11.6 Å². The Hall–Kier alpha value is -5.50. The summed E-state index contributed by atoms with van der Waals surface area (Å²) in [5.41, 5.74) is 8.39. The molecule has 2 N–H and O–H groups in total. The van der Waals surface area contributed by atoms with E-state index in [-0.39, 0.29) is 12.3 Å². The summed E-state index contributed by atoms with van der Waals surface area (Å²) < 4.78 is 0. The van der Waals surface area contributed by atoms with Gasteiger partial charge in [0.1, 0.15) is 18.2 Å². The quantitative estimate of drug-likeness (QED) is 0.231. The van der Waals surface area contributed by atoms with E-state index < -0.39 is 0 Å². The van der Waals surface area contributed by atoms with Crippen LogP contribution < -0.4 is 10.6 Å². The second kappa shape index (κ2) is 11.2. The van der Waals surface area contributed by atoms with Crippen molar-refractivity contribution in [2.75, 3.05) is 0 Å². The molecule has 0 spiro atoms. The number of amidine groups is 1. The van der Waals surface area contributed by atoms with Gasteiger partial charge < -0.3 is 5.32 Å². The number of hydrogen-bond acceptors (Lipinski definition) is 4. The molecule has 0 fully saturated rings. The SMILES string of the molecule is N#Cc1cccc(-c2ccc(-c3ccc4ccccc4c3C3NC(c4ccccc4)=NC(c4ccccc4)N3)cc2)c1. The zero-order chi connectivity index (χ0) is 28.3. The lowest BCUT2D eigenvalue weighted by Gasteiger charge is -2.34. The van der Waals surface area contributed by atoms with Gasteiger partial charge in [-0.25, -0.2) is 4.99 Å². The first-order chi connectivity index (χ1) is 20.8. The molecule has 1 heterocycles. The van der Waals surface area contributed by atoms with Crippen LogP contribution in [0, 0.1) is 11.3 Å². The Labute approximate surface area is 245 Å². The van der Waals surface area contributed by atoms with Crippen molar-refractivity contribution >= 4 is 16.6 Å². The third-order valence-electron chi connectivity index (χ3n) is 7.81. The number of benzene rings is 6. The number of nitriles is 1. The van der Waals surface area contributed by atoms with Crippen molar-refractivity contribution in [3.8, 4) is 28.3 Å². The number of hydrogen-bond donors (Lipinski definition) is 2. The molecule has 0 aliphatic carbocycles. The van der Waals surface area contributed by atoms with Crippen molar-refractivity contribution in [2.24, 2.45) is 4.99 Å². The summed E-state index contributed by atoms with van der Waals surface area (Å²) >= 11 is 0. The molecule has 0 bridgehead atoms. The molecule has 7 rings (SSSR count). The van der Waals surface area contributed by atoms with E-state index >= 15 is 0 Å². The Morgan fingerprint density at radius 3 is 2.07 bits per heavy atom. The maximum atomic E-state index is 9.36. The van der Waals surface area contributed by atoms with Gasteiger partial charge in [0.15, 0.2) is 0 Å². The normalized spacial score (nSPS) is 16.3. The number of aliphatic imine (C=N–C) groups is 1. The summed E-state index contributed by atoms with van der Waals surface area (Å²) in [6, 6.07) is 52.3. The van der Waals surface area contributed by atoms with Gasteiger partial charge in [-0.1, -0.05) is 133 Å². The first-order valence-corrected chi connectivity index (χ1v) is 14.1. The van der Waals surface area contributed by atoms with E-state index in [1.165, 1.54) is 16.3 Å². The van der Waals surface area contributed by atoms with Crippen LogP contribution in [0.5, 0.6) is 0 Å². The average Bonchev–Trinajstić information content (AvgIpc) is 3.08. The van der Waals surface area contributed by atoms with E-state index in [4.69, 9.17) is 4.99 Å². The minimum absolute atomic E-state index is 0.198. The molecule has 4 heteroatoms. The third-order valence-corrected chi connectivity index (χ3v) is 7.81. The van der Waals surface area contributed by atoms with Gasteiger partial charge in [-0.05, 0) is 50.7 Å². The molecule has 2 unspecified atom stereocenters. The van der Waals surface area contributed by atoms with Gasteiger partial charge in [0.25, 0.3) is 0 Å². The third kappa shape index (κ3) is 4.94. The van der Waals surface area contributed by atoms with Crippen LogP contribution in [0.25, 0.3) is 33.0 Å². The predicted molar refractivity (Wildman–Crippen MR) is 171 cm³/mol. The van der Waals surface area contributed by atoms with Crippen LogP contribution in [0.2, 0.25) is 0 Å². The van der Waals surface area contributed by atoms with Crippen LogP contribution >= 0.6 is 0 Å². The zero-order valence-electron chi connectivity index (χ0n) is 22.9. The molecule has 1 aliphatic heterocycles. The van der Waals surface area contributed by atoms with E-state index in [2.05, 4.69) is 114 Å². The molecule has 0 amide bonds. The molecule has 2 atom stereocenters. The van der Waals surface area contributed by atoms with Gasteiger partial charge >= 0.3 is 0 Å². The topological polar surface area (TPSA) is 60.2 Å².